The van der Waals surface area contributed by atoms with Crippen molar-refractivity contribution in [1.82, 2.24) is 10.6 Å². The number of hydrogen-bond acceptors (Lipinski definition) is 5. The van der Waals surface area contributed by atoms with E-state index in [1.807, 2.05) is 12.1 Å². The Hall–Kier alpha value is -3.33. The first-order valence-electron chi connectivity index (χ1n) is 11.5. The lowest BCUT2D eigenvalue weighted by molar-refractivity contribution is -0.0718. The van der Waals surface area contributed by atoms with Crippen molar-refractivity contribution in [3.05, 3.63) is 101 Å². The molecule has 1 fully saturated rings. The molecular weight excluding hydrogens is 454 g/mol. The fourth-order valence-electron chi connectivity index (χ4n) is 4.28. The third-order valence-electron chi connectivity index (χ3n) is 6.16. The quantitative estimate of drug-likeness (QED) is 0.472. The molecule has 1 aliphatic rings. The smallest absolute Gasteiger partial charge is 0.410 e. The minimum Gasteiger partial charge on any atom is -0.410 e. The van der Waals surface area contributed by atoms with Gasteiger partial charge in [-0.05, 0) is 53.1 Å². The maximum absolute atomic E-state index is 13.5. The van der Waals surface area contributed by atoms with E-state index in [1.54, 1.807) is 36.4 Å². The molecule has 8 heteroatoms. The van der Waals surface area contributed by atoms with E-state index in [1.165, 1.54) is 31.3 Å². The molecule has 1 saturated heterocycles. The second kappa shape index (κ2) is 11.4. The SMILES string of the molecule is CNC(=O)Oc1ccc(CN[C@@H]2CO[C@H](C(c3ccc(F)cc3)c3ccc(F)cc3)C[C@H]2O)cc1. The van der Waals surface area contributed by atoms with Crippen molar-refractivity contribution >= 4 is 6.09 Å². The Labute approximate surface area is 202 Å². The van der Waals surface area contributed by atoms with Gasteiger partial charge in [-0.25, -0.2) is 13.6 Å². The number of benzene rings is 3. The molecule has 3 aromatic rings. The lowest BCUT2D eigenvalue weighted by Gasteiger charge is -2.38. The highest BCUT2D eigenvalue weighted by atomic mass is 19.1. The minimum atomic E-state index is -0.673. The van der Waals surface area contributed by atoms with Crippen molar-refractivity contribution in [1.29, 1.82) is 0 Å². The van der Waals surface area contributed by atoms with E-state index in [9.17, 15) is 18.7 Å². The number of aliphatic hydroxyl groups excluding tert-OH is 1. The average molecular weight is 483 g/mol. The third-order valence-corrected chi connectivity index (χ3v) is 6.16. The molecule has 3 N–H and O–H groups in total. The van der Waals surface area contributed by atoms with Crippen LogP contribution in [0.5, 0.6) is 5.75 Å². The van der Waals surface area contributed by atoms with Crippen molar-refractivity contribution in [3.63, 3.8) is 0 Å². The van der Waals surface area contributed by atoms with Gasteiger partial charge in [-0.15, -0.1) is 0 Å². The first-order chi connectivity index (χ1) is 16.9. The van der Waals surface area contributed by atoms with Crippen molar-refractivity contribution < 1.29 is 28.2 Å². The first kappa shape index (κ1) is 24.8. The topological polar surface area (TPSA) is 79.8 Å². The van der Waals surface area contributed by atoms with Crippen LogP contribution in [0.1, 0.15) is 29.0 Å². The Morgan fingerprint density at radius 2 is 1.57 bits per heavy atom. The molecule has 1 aliphatic heterocycles. The number of carbonyl (C=O) groups is 1. The van der Waals surface area contributed by atoms with Gasteiger partial charge in [0.2, 0.25) is 0 Å². The second-order valence-corrected chi connectivity index (χ2v) is 8.53. The summed E-state index contributed by atoms with van der Waals surface area (Å²) in [6, 6.07) is 19.1. The molecule has 0 aromatic heterocycles. The summed E-state index contributed by atoms with van der Waals surface area (Å²) in [5, 5.41) is 16.6. The number of halogens is 2. The number of aliphatic hydroxyl groups is 1. The zero-order chi connectivity index (χ0) is 24.8. The zero-order valence-corrected chi connectivity index (χ0v) is 19.3. The van der Waals surface area contributed by atoms with Crippen LogP contribution >= 0.6 is 0 Å². The van der Waals surface area contributed by atoms with Gasteiger partial charge in [-0.2, -0.15) is 0 Å². The lowest BCUT2D eigenvalue weighted by Crippen LogP contribution is -2.50. The molecule has 0 radical (unpaired) electrons. The van der Waals surface area contributed by atoms with Crippen LogP contribution in [0.2, 0.25) is 0 Å². The first-order valence-corrected chi connectivity index (χ1v) is 11.5. The summed E-state index contributed by atoms with van der Waals surface area (Å²) in [6.45, 7) is 0.776. The van der Waals surface area contributed by atoms with Gasteiger partial charge >= 0.3 is 6.09 Å². The van der Waals surface area contributed by atoms with Crippen molar-refractivity contribution in [2.75, 3.05) is 13.7 Å². The second-order valence-electron chi connectivity index (χ2n) is 8.53. The molecule has 1 heterocycles. The van der Waals surface area contributed by atoms with E-state index in [0.717, 1.165) is 16.7 Å². The molecular formula is C27H28F2N2O4. The number of rotatable bonds is 7. The fourth-order valence-corrected chi connectivity index (χ4v) is 4.28. The summed E-state index contributed by atoms with van der Waals surface area (Å²) >= 11 is 0. The Morgan fingerprint density at radius 1 is 1.00 bits per heavy atom. The highest BCUT2D eigenvalue weighted by molar-refractivity contribution is 5.69. The Bertz CT molecular complexity index is 1060. The van der Waals surface area contributed by atoms with E-state index in [0.29, 0.717) is 18.7 Å². The highest BCUT2D eigenvalue weighted by Crippen LogP contribution is 2.35. The van der Waals surface area contributed by atoms with Gasteiger partial charge in [-0.1, -0.05) is 36.4 Å². The maximum atomic E-state index is 13.5. The van der Waals surface area contributed by atoms with Gasteiger partial charge in [-0.3, -0.25) is 0 Å². The average Bonchev–Trinajstić information content (AvgIpc) is 2.87. The fraction of sp³-hybridized carbons (Fsp3) is 0.296. The van der Waals surface area contributed by atoms with E-state index in [4.69, 9.17) is 9.47 Å². The van der Waals surface area contributed by atoms with Crippen LogP contribution in [-0.2, 0) is 11.3 Å². The van der Waals surface area contributed by atoms with E-state index in [-0.39, 0.29) is 36.3 Å². The highest BCUT2D eigenvalue weighted by Gasteiger charge is 2.35. The van der Waals surface area contributed by atoms with Crippen molar-refractivity contribution in [2.45, 2.75) is 37.1 Å². The molecule has 6 nitrogen and oxygen atoms in total. The number of hydrogen-bond donors (Lipinski definition) is 3. The van der Waals surface area contributed by atoms with E-state index in [2.05, 4.69) is 10.6 Å². The number of carbonyl (C=O) groups excluding carboxylic acids is 1. The van der Waals surface area contributed by atoms with Gasteiger partial charge in [0.25, 0.3) is 0 Å². The van der Waals surface area contributed by atoms with Gasteiger partial charge in [0.1, 0.15) is 17.4 Å². The summed E-state index contributed by atoms with van der Waals surface area (Å²) < 4.78 is 38.3. The summed E-state index contributed by atoms with van der Waals surface area (Å²) in [5.74, 6) is -0.522. The monoisotopic (exact) mass is 482 g/mol. The Kier molecular flexibility index (Phi) is 8.07. The molecule has 0 unspecified atom stereocenters. The number of nitrogens with one attached hydrogen (secondary N) is 2. The molecule has 0 spiro atoms. The zero-order valence-electron chi connectivity index (χ0n) is 19.3. The molecule has 3 atom stereocenters. The van der Waals surface area contributed by atoms with Gasteiger partial charge < -0.3 is 25.2 Å². The summed E-state index contributed by atoms with van der Waals surface area (Å²) in [6.07, 6.45) is -1.21. The molecule has 35 heavy (non-hydrogen) atoms. The predicted molar refractivity (Wildman–Crippen MR) is 127 cm³/mol. The normalized spacial score (nSPS) is 20.0. The standard InChI is InChI=1S/C27H28F2N2O4/c1-30-27(33)35-22-12-2-17(3-13-22)15-31-23-16-34-25(14-24(23)32)26(18-4-8-20(28)9-5-18)19-6-10-21(29)11-7-19/h2-13,23-26,31-32H,14-16H2,1H3,(H,30,33)/t23-,24-,25+/m1/s1. The van der Waals surface area contributed by atoms with Crippen LogP contribution in [0.3, 0.4) is 0 Å². The molecule has 0 saturated carbocycles. The molecule has 184 valence electrons. The number of ether oxygens (including phenoxy) is 2. The van der Waals surface area contributed by atoms with Gasteiger partial charge in [0.15, 0.2) is 0 Å². The van der Waals surface area contributed by atoms with Crippen LogP contribution in [-0.4, -0.2) is 43.1 Å². The third kappa shape index (κ3) is 6.42. The van der Waals surface area contributed by atoms with E-state index >= 15 is 0 Å². The summed E-state index contributed by atoms with van der Waals surface area (Å²) in [4.78, 5) is 11.3. The Morgan fingerprint density at radius 3 is 2.09 bits per heavy atom. The summed E-state index contributed by atoms with van der Waals surface area (Å²) in [7, 11) is 1.49. The molecule has 4 rings (SSSR count). The molecule has 0 aliphatic carbocycles. The Balaban J connectivity index is 1.40. The van der Waals surface area contributed by atoms with Gasteiger partial charge in [0, 0.05) is 25.9 Å². The number of amides is 1. The van der Waals surface area contributed by atoms with Crippen LogP contribution in [0.25, 0.3) is 0 Å². The minimum absolute atomic E-state index is 0.278. The van der Waals surface area contributed by atoms with Crippen molar-refractivity contribution in [3.8, 4) is 5.75 Å². The lowest BCUT2D eigenvalue weighted by atomic mass is 9.82. The largest absolute Gasteiger partial charge is 0.412 e. The van der Waals surface area contributed by atoms with Crippen LogP contribution in [0, 0.1) is 11.6 Å². The predicted octanol–water partition coefficient (Wildman–Crippen LogP) is 4.12. The van der Waals surface area contributed by atoms with Crippen molar-refractivity contribution in [2.24, 2.45) is 0 Å². The van der Waals surface area contributed by atoms with Crippen LogP contribution in [0.4, 0.5) is 13.6 Å². The van der Waals surface area contributed by atoms with E-state index < -0.39 is 12.2 Å². The molecule has 3 aromatic carbocycles. The molecule has 1 amide bonds. The van der Waals surface area contributed by atoms with Crippen LogP contribution in [0.15, 0.2) is 72.8 Å². The maximum Gasteiger partial charge on any atom is 0.412 e. The van der Waals surface area contributed by atoms with Crippen LogP contribution < -0.4 is 15.4 Å². The summed E-state index contributed by atoms with van der Waals surface area (Å²) in [5.41, 5.74) is 2.63. The van der Waals surface area contributed by atoms with Gasteiger partial charge in [0.05, 0.1) is 24.9 Å². The molecule has 0 bridgehead atoms.